The highest BCUT2D eigenvalue weighted by Crippen LogP contribution is 2.71. The van der Waals surface area contributed by atoms with E-state index in [1.54, 1.807) is 0 Å². The summed E-state index contributed by atoms with van der Waals surface area (Å²) in [6, 6.07) is 0. The smallest absolute Gasteiger partial charge is 0.187 e. The molecule has 0 aromatic carbocycles. The molecule has 14 N–H and O–H groups in total. The Kier molecular flexibility index (Phi) is 17.4. The van der Waals surface area contributed by atoms with Gasteiger partial charge in [-0.25, -0.2) is 0 Å². The van der Waals surface area contributed by atoms with Crippen LogP contribution in [-0.4, -0.2) is 239 Å². The minimum Gasteiger partial charge on any atom is -0.394 e. The highest BCUT2D eigenvalue weighted by atomic mass is 16.8. The van der Waals surface area contributed by atoms with Crippen LogP contribution in [0.5, 0.6) is 0 Å². The maximum absolute atomic E-state index is 12.1. The van der Waals surface area contributed by atoms with Crippen LogP contribution in [0.25, 0.3) is 0 Å². The fraction of sp³-hybridized carbons (Fsp3) is 1.00. The zero-order chi connectivity index (χ0) is 52.6. The highest BCUT2D eigenvalue weighted by molar-refractivity contribution is 5.15. The molecule has 9 fully saturated rings. The molecule has 0 radical (unpaired) electrons. The van der Waals surface area contributed by atoms with E-state index in [1.807, 2.05) is 6.92 Å². The summed E-state index contributed by atoms with van der Waals surface area (Å²) in [5.41, 5.74) is -0.0772. The maximum Gasteiger partial charge on any atom is 0.187 e. The molecule has 4 saturated carbocycles. The van der Waals surface area contributed by atoms with Gasteiger partial charge >= 0.3 is 0 Å². The lowest BCUT2D eigenvalue weighted by atomic mass is 9.44. The van der Waals surface area contributed by atoms with E-state index in [0.29, 0.717) is 43.4 Å². The molecule has 0 bridgehead atoms. The molecule has 9 rings (SSSR count). The molecule has 5 saturated heterocycles. The summed E-state index contributed by atoms with van der Waals surface area (Å²) in [6.07, 6.45) is -21.9. The van der Waals surface area contributed by atoms with Gasteiger partial charge in [0.1, 0.15) is 91.6 Å². The summed E-state index contributed by atoms with van der Waals surface area (Å²) >= 11 is 0. The zero-order valence-electron chi connectivity index (χ0n) is 42.2. The molecule has 0 amide bonds. The Labute approximate surface area is 425 Å². The standard InChI is InChI=1S/C50H84O23/c1-20(18-65-44-40(62)37(59)34(56)29(15-51)68-44)7-12-50(64)21(2)32-28(73-50)14-26-24-6-5-22-13-23(8-10-48(22,3)25(24)9-11-49(26,32)4)67-47-43(72-46-41(63)38(60)35(57)30(16-52)69-46)42(36(58)31(17-53)70-47)71-45-39(61)33(55)27(54)19-66-45/h20-47,51-64H,5-19H2,1-4H3/t20-,21+,22-,23+,24-,25+,26+,27-,28+,29-,30-,31-,32+,33+,34-,35-,36-,37+,38+,39-,40-,41-,42+,43-,44-,45+,46+,47-,48+,49+,50-/m1/s1. The van der Waals surface area contributed by atoms with Gasteiger partial charge in [0.25, 0.3) is 0 Å². The van der Waals surface area contributed by atoms with Gasteiger partial charge in [-0.3, -0.25) is 0 Å². The fourth-order valence-electron chi connectivity index (χ4n) is 15.4. The normalized spacial score (nSPS) is 55.6. The number of rotatable bonds is 15. The van der Waals surface area contributed by atoms with Crippen LogP contribution in [0.4, 0.5) is 0 Å². The van der Waals surface area contributed by atoms with Crippen LogP contribution in [0.3, 0.4) is 0 Å². The minimum atomic E-state index is -1.86. The van der Waals surface area contributed by atoms with Gasteiger partial charge in [0.05, 0.1) is 45.2 Å². The van der Waals surface area contributed by atoms with Crippen LogP contribution in [0.2, 0.25) is 0 Å². The number of hydrogen-bond donors (Lipinski definition) is 14. The van der Waals surface area contributed by atoms with E-state index in [-0.39, 0.29) is 47.2 Å². The molecule has 0 aromatic rings. The highest BCUT2D eigenvalue weighted by Gasteiger charge is 2.68. The van der Waals surface area contributed by atoms with Crippen molar-refractivity contribution in [1.29, 1.82) is 0 Å². The molecule has 0 spiro atoms. The van der Waals surface area contributed by atoms with Crippen LogP contribution in [0.1, 0.15) is 91.9 Å². The molecule has 5 aliphatic heterocycles. The summed E-state index contributed by atoms with van der Waals surface area (Å²) in [4.78, 5) is 0. The van der Waals surface area contributed by atoms with Gasteiger partial charge < -0.3 is 114 Å². The van der Waals surface area contributed by atoms with E-state index in [9.17, 15) is 71.5 Å². The van der Waals surface area contributed by atoms with Crippen LogP contribution in [0, 0.1) is 52.3 Å². The topological polar surface area (TPSA) is 366 Å². The molecule has 73 heavy (non-hydrogen) atoms. The molecule has 422 valence electrons. The van der Waals surface area contributed by atoms with Crippen molar-refractivity contribution >= 4 is 0 Å². The Bertz CT molecular complexity index is 1820. The van der Waals surface area contributed by atoms with E-state index in [4.69, 9.17) is 42.6 Å². The predicted octanol–water partition coefficient (Wildman–Crippen LogP) is -3.32. The summed E-state index contributed by atoms with van der Waals surface area (Å²) in [5.74, 6) is 0.146. The molecule has 0 unspecified atom stereocenters. The monoisotopic (exact) mass is 1050 g/mol. The van der Waals surface area contributed by atoms with Crippen molar-refractivity contribution in [2.45, 2.75) is 227 Å². The van der Waals surface area contributed by atoms with E-state index in [1.165, 1.54) is 0 Å². The predicted molar refractivity (Wildman–Crippen MR) is 246 cm³/mol. The first-order valence-electron chi connectivity index (χ1n) is 26.8. The van der Waals surface area contributed by atoms with Gasteiger partial charge in [-0.1, -0.05) is 27.7 Å². The van der Waals surface area contributed by atoms with Crippen LogP contribution in [0.15, 0.2) is 0 Å². The van der Waals surface area contributed by atoms with Crippen LogP contribution in [-0.2, 0) is 42.6 Å². The SMILES string of the molecule is C[C@H](CC[C@@]1(O)O[C@H]2C[C@H]3[C@@H]4CC[C@@H]5C[C@@H](O[C@@H]6O[C@H](CO)[C@@H](O)[C@H](O[C@@H]7OC[C@@H](O)[C@H](O)[C@H]7O)[C@H]6O[C@@H]6O[C@H](CO)[C@@H](O)[C@H](O)[C@H]6O)CC[C@]5(C)[C@H]4CC[C@]3(C)[C@H]2[C@@H]1C)CO[C@@H]1O[C@H](CO)[C@@H](O)[C@H](O)[C@H]1O. The third-order valence-electron chi connectivity index (χ3n) is 19.7. The third kappa shape index (κ3) is 10.3. The summed E-state index contributed by atoms with van der Waals surface area (Å²) in [7, 11) is 0. The Morgan fingerprint density at radius 1 is 0.589 bits per heavy atom. The maximum atomic E-state index is 12.1. The number of ether oxygens (including phenoxy) is 9. The number of aliphatic hydroxyl groups is 14. The largest absolute Gasteiger partial charge is 0.394 e. The van der Waals surface area contributed by atoms with Crippen molar-refractivity contribution in [1.82, 2.24) is 0 Å². The molecule has 23 heteroatoms. The molecule has 0 aromatic heterocycles. The Morgan fingerprint density at radius 3 is 1.85 bits per heavy atom. The first kappa shape index (κ1) is 56.8. The first-order chi connectivity index (χ1) is 34.6. The molecule has 23 nitrogen and oxygen atoms in total. The second-order valence-corrected chi connectivity index (χ2v) is 23.8. The first-order valence-corrected chi connectivity index (χ1v) is 26.8. The Hall–Kier alpha value is -0.920. The third-order valence-corrected chi connectivity index (χ3v) is 19.7. The summed E-state index contributed by atoms with van der Waals surface area (Å²) in [5, 5.41) is 148. The Morgan fingerprint density at radius 2 is 1.18 bits per heavy atom. The summed E-state index contributed by atoms with van der Waals surface area (Å²) < 4.78 is 54.5. The van der Waals surface area contributed by atoms with Gasteiger partial charge in [-0.05, 0) is 104 Å². The Balaban J connectivity index is 0.844. The van der Waals surface area contributed by atoms with Crippen molar-refractivity contribution in [3.8, 4) is 0 Å². The van der Waals surface area contributed by atoms with Crippen molar-refractivity contribution in [3.05, 3.63) is 0 Å². The molecule has 9 aliphatic rings. The number of hydrogen-bond acceptors (Lipinski definition) is 23. The minimum absolute atomic E-state index is 0.0299. The van der Waals surface area contributed by atoms with E-state index in [0.717, 1.165) is 38.5 Å². The fourth-order valence-corrected chi connectivity index (χ4v) is 15.4. The average molecular weight is 1050 g/mol. The molecule has 4 aliphatic carbocycles. The van der Waals surface area contributed by atoms with Crippen molar-refractivity contribution < 1.29 is 114 Å². The van der Waals surface area contributed by atoms with E-state index in [2.05, 4.69) is 20.8 Å². The van der Waals surface area contributed by atoms with Gasteiger partial charge in [0.15, 0.2) is 30.9 Å². The lowest BCUT2D eigenvalue weighted by Crippen LogP contribution is -2.67. The lowest BCUT2D eigenvalue weighted by Gasteiger charge is -2.61. The molecule has 5 heterocycles. The van der Waals surface area contributed by atoms with Gasteiger partial charge in [-0.15, -0.1) is 0 Å². The quantitative estimate of drug-likeness (QED) is 0.0714. The molecular formula is C50H84O23. The molecular weight excluding hydrogens is 969 g/mol. The molecule has 31 atom stereocenters. The van der Waals surface area contributed by atoms with Crippen molar-refractivity contribution in [3.63, 3.8) is 0 Å². The number of aliphatic hydroxyl groups excluding tert-OH is 13. The average Bonchev–Trinajstić information content (AvgIpc) is 3.81. The zero-order valence-corrected chi connectivity index (χ0v) is 42.2. The summed E-state index contributed by atoms with van der Waals surface area (Å²) in [6.45, 7) is 6.58. The number of fused-ring (bicyclic) bond motifs is 7. The van der Waals surface area contributed by atoms with E-state index < -0.39 is 155 Å². The lowest BCUT2D eigenvalue weighted by molar-refractivity contribution is -0.392. The second kappa shape index (κ2) is 22.3. The van der Waals surface area contributed by atoms with Crippen molar-refractivity contribution in [2.24, 2.45) is 52.3 Å². The van der Waals surface area contributed by atoms with Gasteiger partial charge in [-0.2, -0.15) is 0 Å². The van der Waals surface area contributed by atoms with E-state index >= 15 is 0 Å². The second-order valence-electron chi connectivity index (χ2n) is 23.8. The van der Waals surface area contributed by atoms with Crippen molar-refractivity contribution in [2.75, 3.05) is 33.0 Å². The van der Waals surface area contributed by atoms with Crippen LogP contribution >= 0.6 is 0 Å². The van der Waals surface area contributed by atoms with Gasteiger partial charge in [0, 0.05) is 12.3 Å². The van der Waals surface area contributed by atoms with Crippen LogP contribution < -0.4 is 0 Å². The van der Waals surface area contributed by atoms with Gasteiger partial charge in [0.2, 0.25) is 0 Å².